The van der Waals surface area contributed by atoms with E-state index in [1.165, 1.54) is 66.3 Å². The van der Waals surface area contributed by atoms with Gasteiger partial charge < -0.3 is 20.5 Å². The number of carboxylic acid groups (broad SMARTS) is 2. The Morgan fingerprint density at radius 1 is 0.881 bits per heavy atom. The van der Waals surface area contributed by atoms with Crippen LogP contribution in [0, 0.1) is 0 Å². The van der Waals surface area contributed by atoms with E-state index in [4.69, 9.17) is 10.2 Å². The molecule has 2 aromatic carbocycles. The third kappa shape index (κ3) is 5.18. The Labute approximate surface area is 240 Å². The van der Waals surface area contributed by atoms with Gasteiger partial charge >= 0.3 is 11.9 Å². The van der Waals surface area contributed by atoms with Gasteiger partial charge in [0.05, 0.1) is 37.1 Å². The van der Waals surface area contributed by atoms with Gasteiger partial charge in [0.1, 0.15) is 11.0 Å². The van der Waals surface area contributed by atoms with Crippen molar-refractivity contribution >= 4 is 93.8 Å². The van der Waals surface area contributed by atoms with Crippen molar-refractivity contribution in [1.29, 1.82) is 0 Å². The second kappa shape index (κ2) is 10.8. The van der Waals surface area contributed by atoms with Crippen LogP contribution in [0.1, 0.15) is 34.6 Å². The van der Waals surface area contributed by atoms with Gasteiger partial charge in [-0.3, -0.25) is 24.6 Å². The smallest absolute Gasteiger partial charge is 0.335 e. The molecule has 4 aromatic heterocycles. The number of fused-ring (bicyclic) bond motifs is 6. The van der Waals surface area contributed by atoms with Gasteiger partial charge in [0.15, 0.2) is 5.13 Å². The van der Waals surface area contributed by atoms with Crippen LogP contribution in [0.2, 0.25) is 0 Å². The predicted octanol–water partition coefficient (Wildman–Crippen LogP) is 3.19. The normalized spacial score (nSPS) is 10.9. The number of H-pyrrole nitrogens is 1. The minimum absolute atomic E-state index is 0.0323. The van der Waals surface area contributed by atoms with Crippen LogP contribution >= 0.6 is 22.7 Å². The molecule has 0 radical (unpaired) electrons. The summed E-state index contributed by atoms with van der Waals surface area (Å²) in [6, 6.07) is 8.89. The zero-order valence-corrected chi connectivity index (χ0v) is 23.2. The van der Waals surface area contributed by atoms with Crippen LogP contribution in [0.4, 0.5) is 5.13 Å². The maximum Gasteiger partial charge on any atom is 0.335 e. The van der Waals surface area contributed by atoms with E-state index in [1.54, 1.807) is 12.1 Å². The molecule has 42 heavy (non-hydrogen) atoms. The summed E-state index contributed by atoms with van der Waals surface area (Å²) in [6.07, 6.45) is 0. The average molecular weight is 607 g/mol. The number of nitrogens with zero attached hydrogens (tertiary/aromatic N) is 3. The van der Waals surface area contributed by atoms with Crippen molar-refractivity contribution in [2.75, 3.05) is 10.7 Å². The first-order valence-electron chi connectivity index (χ1n) is 11.8. The minimum atomic E-state index is -1.11. The molecular formula is C26H18N6O8S2. The standard InChI is InChI=1S/2C13H9N3O4S/c1-6(17)15-16-9-4-7(13(19)20)2-3-8(9)11-10(12(16)18)14-5-21-11;1-5(17)14-13-16-9-10(21-13)7-3-2-6(12(19)20)4-8(7)15-11(9)18/h2-5H,1H3,(H,15,17)(H,19,20);2-4H,1H3,(H,15,18)(H,19,20)(H,14,16,17). The molecule has 14 nitrogen and oxygen atoms in total. The molecule has 0 aliphatic rings. The number of aromatic nitrogens is 4. The molecule has 0 aliphatic heterocycles. The van der Waals surface area contributed by atoms with Crippen molar-refractivity contribution in [2.45, 2.75) is 13.8 Å². The Morgan fingerprint density at radius 3 is 2.19 bits per heavy atom. The SMILES string of the molecule is CC(=O)Nc1nc2c(=O)[nH]c3cc(C(=O)O)ccc3c2s1.CC(=O)Nn1c(=O)c2ncsc2c2ccc(C(=O)O)cc21. The van der Waals surface area contributed by atoms with Crippen LogP contribution in [0.5, 0.6) is 0 Å². The lowest BCUT2D eigenvalue weighted by molar-refractivity contribution is -0.115. The van der Waals surface area contributed by atoms with E-state index < -0.39 is 29.0 Å². The molecule has 0 aliphatic carbocycles. The van der Waals surface area contributed by atoms with Gasteiger partial charge in [-0.05, 0) is 24.3 Å². The molecule has 5 N–H and O–H groups in total. The summed E-state index contributed by atoms with van der Waals surface area (Å²) >= 11 is 2.46. The third-order valence-corrected chi connectivity index (χ3v) is 7.72. The number of hydrogen-bond acceptors (Lipinski definition) is 10. The molecule has 0 fully saturated rings. The fourth-order valence-electron chi connectivity index (χ4n) is 4.14. The monoisotopic (exact) mass is 606 g/mol. The fraction of sp³-hybridized carbons (Fsp3) is 0.0769. The number of carbonyl (C=O) groups excluding carboxylic acids is 2. The number of hydrogen-bond donors (Lipinski definition) is 5. The Morgan fingerprint density at radius 2 is 1.55 bits per heavy atom. The first-order valence-corrected chi connectivity index (χ1v) is 13.5. The summed E-state index contributed by atoms with van der Waals surface area (Å²) < 4.78 is 2.30. The Kier molecular flexibility index (Phi) is 7.24. The zero-order valence-electron chi connectivity index (χ0n) is 21.5. The number of anilines is 1. The van der Waals surface area contributed by atoms with Gasteiger partial charge in [-0.2, -0.15) is 0 Å². The van der Waals surface area contributed by atoms with E-state index in [1.807, 2.05) is 0 Å². The molecular weight excluding hydrogens is 588 g/mol. The molecule has 4 heterocycles. The lowest BCUT2D eigenvalue weighted by Gasteiger charge is -2.11. The summed E-state index contributed by atoms with van der Waals surface area (Å²) in [5.74, 6) is -2.89. The average Bonchev–Trinajstić information content (AvgIpc) is 3.58. The number of benzene rings is 2. The van der Waals surface area contributed by atoms with Crippen LogP contribution in [0.15, 0.2) is 51.5 Å². The van der Waals surface area contributed by atoms with E-state index in [0.29, 0.717) is 36.3 Å². The molecule has 0 saturated carbocycles. The first kappa shape index (κ1) is 28.1. The predicted molar refractivity (Wildman–Crippen MR) is 157 cm³/mol. The summed E-state index contributed by atoms with van der Waals surface area (Å²) in [7, 11) is 0. The highest BCUT2D eigenvalue weighted by molar-refractivity contribution is 7.23. The van der Waals surface area contributed by atoms with Crippen LogP contribution in [-0.2, 0) is 9.59 Å². The largest absolute Gasteiger partial charge is 0.478 e. The van der Waals surface area contributed by atoms with E-state index in [9.17, 15) is 28.8 Å². The van der Waals surface area contributed by atoms with Gasteiger partial charge in [-0.15, -0.1) is 11.3 Å². The van der Waals surface area contributed by atoms with Crippen LogP contribution in [0.25, 0.3) is 42.2 Å². The summed E-state index contributed by atoms with van der Waals surface area (Å²) in [6.45, 7) is 2.62. The van der Waals surface area contributed by atoms with Gasteiger partial charge in [-0.1, -0.05) is 23.5 Å². The number of amides is 2. The number of nitrogens with one attached hydrogen (secondary N) is 3. The quantitative estimate of drug-likeness (QED) is 0.198. The van der Waals surface area contributed by atoms with Crippen molar-refractivity contribution in [3.8, 4) is 0 Å². The highest BCUT2D eigenvalue weighted by Gasteiger charge is 2.16. The number of carbonyl (C=O) groups is 4. The van der Waals surface area contributed by atoms with E-state index in [0.717, 1.165) is 4.68 Å². The molecule has 16 heteroatoms. The Balaban J connectivity index is 0.000000168. The van der Waals surface area contributed by atoms with Crippen LogP contribution in [0.3, 0.4) is 0 Å². The number of pyridine rings is 2. The van der Waals surface area contributed by atoms with Gasteiger partial charge in [0.25, 0.3) is 11.1 Å². The van der Waals surface area contributed by atoms with E-state index in [2.05, 4.69) is 25.7 Å². The number of aromatic carboxylic acids is 2. The maximum absolute atomic E-state index is 12.4. The molecule has 0 unspecified atom stereocenters. The molecule has 2 amide bonds. The molecule has 0 spiro atoms. The summed E-state index contributed by atoms with van der Waals surface area (Å²) in [4.78, 5) is 79.5. The summed E-state index contributed by atoms with van der Waals surface area (Å²) in [5.41, 5.74) is 4.35. The van der Waals surface area contributed by atoms with Gasteiger partial charge in [0, 0.05) is 24.6 Å². The molecule has 0 bridgehead atoms. The first-order chi connectivity index (χ1) is 19.9. The maximum atomic E-state index is 12.4. The van der Waals surface area contributed by atoms with E-state index >= 15 is 0 Å². The highest BCUT2D eigenvalue weighted by Crippen LogP contribution is 2.30. The number of aromatic amines is 1. The second-order valence-corrected chi connectivity index (χ2v) is 10.6. The van der Waals surface area contributed by atoms with Crippen molar-refractivity contribution in [2.24, 2.45) is 0 Å². The lowest BCUT2D eigenvalue weighted by Crippen LogP contribution is -2.32. The topological polar surface area (TPSA) is 213 Å². The van der Waals surface area contributed by atoms with Gasteiger partial charge in [-0.25, -0.2) is 24.2 Å². The third-order valence-electron chi connectivity index (χ3n) is 5.86. The van der Waals surface area contributed by atoms with Crippen LogP contribution < -0.4 is 21.9 Å². The van der Waals surface area contributed by atoms with Crippen molar-refractivity contribution < 1.29 is 29.4 Å². The molecule has 212 valence electrons. The van der Waals surface area contributed by atoms with Crippen molar-refractivity contribution in [1.82, 2.24) is 19.6 Å². The van der Waals surface area contributed by atoms with Crippen LogP contribution in [-0.4, -0.2) is 53.6 Å². The number of thiazole rings is 2. The molecule has 0 saturated heterocycles. The molecule has 0 atom stereocenters. The summed E-state index contributed by atoms with van der Waals surface area (Å²) in [5, 5.41) is 22.3. The molecule has 6 aromatic rings. The number of rotatable bonds is 4. The van der Waals surface area contributed by atoms with E-state index in [-0.39, 0.29) is 28.1 Å². The minimum Gasteiger partial charge on any atom is -0.478 e. The van der Waals surface area contributed by atoms with Crippen molar-refractivity contribution in [3.63, 3.8) is 0 Å². The van der Waals surface area contributed by atoms with Gasteiger partial charge in [0.2, 0.25) is 11.8 Å². The Bertz CT molecular complexity index is 2230. The van der Waals surface area contributed by atoms with Crippen molar-refractivity contribution in [3.05, 3.63) is 73.7 Å². The zero-order chi connectivity index (χ0) is 30.3. The highest BCUT2D eigenvalue weighted by atomic mass is 32.1. The second-order valence-electron chi connectivity index (χ2n) is 8.77. The fourth-order valence-corrected chi connectivity index (χ4v) is 6.00. The lowest BCUT2D eigenvalue weighted by atomic mass is 10.1. The number of carboxylic acids is 2. The molecule has 6 rings (SSSR count). The Hall–Kier alpha value is -5.48.